The van der Waals surface area contributed by atoms with E-state index in [1.807, 2.05) is 60.7 Å². The molecule has 51 heavy (non-hydrogen) atoms. The molecule has 0 fully saturated rings. The molecule has 8 aromatic carbocycles. The number of hydrogen-bond acceptors (Lipinski definition) is 4. The van der Waals surface area contributed by atoms with E-state index in [1.165, 1.54) is 5.39 Å². The van der Waals surface area contributed by atoms with Crippen molar-refractivity contribution in [2.24, 2.45) is 0 Å². The number of fused-ring (bicyclic) bond motifs is 3. The maximum absolute atomic E-state index is 11.5. The Labute approximate surface area is 296 Å². The Kier molecular flexibility index (Phi) is 7.60. The Bertz CT molecular complexity index is 2710. The summed E-state index contributed by atoms with van der Waals surface area (Å²) >= 11 is 0. The SMILES string of the molecule is Oc1cccc(-c2nc(-c3ccccc3)nc(-c3cc4ccccc4c4ccccc34)n2)c1-c1cccc(-c2cccc(-c3ccccc3)c2)c1. The number of hydrogen-bond donors (Lipinski definition) is 1. The van der Waals surface area contributed by atoms with Gasteiger partial charge in [0.25, 0.3) is 0 Å². The highest BCUT2D eigenvalue weighted by molar-refractivity contribution is 6.13. The first-order valence-electron chi connectivity index (χ1n) is 17.0. The van der Waals surface area contributed by atoms with Gasteiger partial charge in [-0.1, -0.05) is 158 Å². The Hall–Kier alpha value is -6.91. The zero-order chi connectivity index (χ0) is 34.1. The molecule has 4 nitrogen and oxygen atoms in total. The quantitative estimate of drug-likeness (QED) is 0.181. The van der Waals surface area contributed by atoms with E-state index >= 15 is 0 Å². The van der Waals surface area contributed by atoms with Crippen molar-refractivity contribution in [3.63, 3.8) is 0 Å². The van der Waals surface area contributed by atoms with E-state index in [9.17, 15) is 5.11 Å². The van der Waals surface area contributed by atoms with Gasteiger partial charge in [0.2, 0.25) is 0 Å². The number of aromatic nitrogens is 3. The molecule has 0 unspecified atom stereocenters. The van der Waals surface area contributed by atoms with Crippen molar-refractivity contribution in [2.75, 3.05) is 0 Å². The summed E-state index contributed by atoms with van der Waals surface area (Å²) in [5.41, 5.74) is 8.50. The summed E-state index contributed by atoms with van der Waals surface area (Å²) < 4.78 is 0. The summed E-state index contributed by atoms with van der Waals surface area (Å²) in [6.45, 7) is 0. The molecule has 0 aliphatic carbocycles. The molecule has 1 N–H and O–H groups in total. The van der Waals surface area contributed by atoms with Crippen molar-refractivity contribution >= 4 is 21.5 Å². The topological polar surface area (TPSA) is 58.9 Å². The second-order valence-corrected chi connectivity index (χ2v) is 12.6. The van der Waals surface area contributed by atoms with Crippen molar-refractivity contribution in [1.29, 1.82) is 0 Å². The summed E-state index contributed by atoms with van der Waals surface area (Å²) in [5, 5.41) is 16.0. The summed E-state index contributed by atoms with van der Waals surface area (Å²) in [6.07, 6.45) is 0. The fourth-order valence-corrected chi connectivity index (χ4v) is 6.97. The number of nitrogens with zero attached hydrogens (tertiary/aromatic N) is 3. The van der Waals surface area contributed by atoms with Crippen molar-refractivity contribution in [2.45, 2.75) is 0 Å². The third kappa shape index (κ3) is 5.69. The van der Waals surface area contributed by atoms with Crippen molar-refractivity contribution in [3.8, 4) is 73.3 Å². The van der Waals surface area contributed by atoms with Crippen LogP contribution in [0.15, 0.2) is 182 Å². The molecular formula is C47H31N3O. The van der Waals surface area contributed by atoms with Crippen LogP contribution in [0.2, 0.25) is 0 Å². The van der Waals surface area contributed by atoms with Crippen molar-refractivity contribution in [3.05, 3.63) is 182 Å². The van der Waals surface area contributed by atoms with Crippen LogP contribution in [-0.2, 0) is 0 Å². The largest absolute Gasteiger partial charge is 0.507 e. The second kappa shape index (κ2) is 12.8. The second-order valence-electron chi connectivity index (χ2n) is 12.6. The Morgan fingerprint density at radius 1 is 0.314 bits per heavy atom. The van der Waals surface area contributed by atoms with E-state index in [-0.39, 0.29) is 5.75 Å². The Morgan fingerprint density at radius 2 is 0.804 bits per heavy atom. The van der Waals surface area contributed by atoms with Gasteiger partial charge in [0.1, 0.15) is 5.75 Å². The molecule has 0 aliphatic heterocycles. The van der Waals surface area contributed by atoms with Gasteiger partial charge in [-0.2, -0.15) is 0 Å². The number of benzene rings is 8. The fraction of sp³-hybridized carbons (Fsp3) is 0. The monoisotopic (exact) mass is 653 g/mol. The fourth-order valence-electron chi connectivity index (χ4n) is 6.97. The van der Waals surface area contributed by atoms with E-state index in [4.69, 9.17) is 15.0 Å². The molecule has 9 aromatic rings. The minimum atomic E-state index is 0.155. The van der Waals surface area contributed by atoms with E-state index in [2.05, 4.69) is 115 Å². The number of aromatic hydroxyl groups is 1. The molecule has 0 aliphatic rings. The zero-order valence-corrected chi connectivity index (χ0v) is 27.6. The molecule has 0 saturated carbocycles. The maximum Gasteiger partial charge on any atom is 0.164 e. The van der Waals surface area contributed by atoms with Crippen LogP contribution in [0.4, 0.5) is 0 Å². The molecule has 0 saturated heterocycles. The van der Waals surface area contributed by atoms with Gasteiger partial charge in [0, 0.05) is 22.3 Å². The molecule has 1 aromatic heterocycles. The van der Waals surface area contributed by atoms with Crippen LogP contribution in [0.1, 0.15) is 0 Å². The Morgan fingerprint density at radius 3 is 1.53 bits per heavy atom. The average molecular weight is 654 g/mol. The zero-order valence-electron chi connectivity index (χ0n) is 27.6. The van der Waals surface area contributed by atoms with Gasteiger partial charge in [-0.25, -0.2) is 15.0 Å². The number of rotatable bonds is 6. The summed E-state index contributed by atoms with van der Waals surface area (Å²) in [4.78, 5) is 15.3. The normalized spacial score (nSPS) is 11.2. The lowest BCUT2D eigenvalue weighted by molar-refractivity contribution is 0.477. The summed E-state index contributed by atoms with van der Waals surface area (Å²) in [6, 6.07) is 61.7. The first-order valence-corrected chi connectivity index (χ1v) is 17.0. The first kappa shape index (κ1) is 30.2. The molecule has 4 heteroatoms. The molecule has 0 bridgehead atoms. The molecule has 0 radical (unpaired) electrons. The summed E-state index contributed by atoms with van der Waals surface area (Å²) in [7, 11) is 0. The van der Waals surface area contributed by atoms with Gasteiger partial charge < -0.3 is 5.11 Å². The molecule has 240 valence electrons. The minimum absolute atomic E-state index is 0.155. The van der Waals surface area contributed by atoms with Crippen molar-refractivity contribution in [1.82, 2.24) is 15.0 Å². The molecule has 0 spiro atoms. The molecule has 0 amide bonds. The standard InChI is InChI=1S/C47H31N3O/c51-43-27-13-26-41(44(43)37-22-12-21-35(29-37)34-20-11-19-33(28-34)31-14-3-1-4-15-31)46-48-45(32-16-5-2-6-17-32)49-47(50-46)42-30-36-18-7-8-23-38(36)39-24-9-10-25-40(39)42/h1-30,51H. The smallest absolute Gasteiger partial charge is 0.164 e. The predicted molar refractivity (Wildman–Crippen MR) is 209 cm³/mol. The predicted octanol–water partition coefficient (Wildman–Crippen LogP) is 11.9. The highest BCUT2D eigenvalue weighted by Gasteiger charge is 2.20. The van der Waals surface area contributed by atoms with Gasteiger partial charge in [0.05, 0.1) is 0 Å². The molecule has 1 heterocycles. The highest BCUT2D eigenvalue weighted by atomic mass is 16.3. The van der Waals surface area contributed by atoms with Crippen LogP contribution in [0.5, 0.6) is 5.75 Å². The number of phenolic OH excluding ortho intramolecular Hbond substituents is 1. The maximum atomic E-state index is 11.5. The van der Waals surface area contributed by atoms with Gasteiger partial charge in [-0.15, -0.1) is 0 Å². The first-order chi connectivity index (χ1) is 25.2. The van der Waals surface area contributed by atoms with Crippen LogP contribution in [0.25, 0.3) is 89.1 Å². The van der Waals surface area contributed by atoms with Gasteiger partial charge >= 0.3 is 0 Å². The van der Waals surface area contributed by atoms with Crippen LogP contribution < -0.4 is 0 Å². The minimum Gasteiger partial charge on any atom is -0.507 e. The van der Waals surface area contributed by atoms with Crippen molar-refractivity contribution < 1.29 is 5.11 Å². The molecular weight excluding hydrogens is 623 g/mol. The average Bonchev–Trinajstić information content (AvgIpc) is 3.21. The molecule has 9 rings (SSSR count). The van der Waals surface area contributed by atoms with Crippen LogP contribution in [0.3, 0.4) is 0 Å². The third-order valence-electron chi connectivity index (χ3n) is 9.41. The Balaban J connectivity index is 1.23. The van der Waals surface area contributed by atoms with Crippen LogP contribution in [-0.4, -0.2) is 20.1 Å². The van der Waals surface area contributed by atoms with E-state index in [1.54, 1.807) is 6.07 Å². The van der Waals surface area contributed by atoms with E-state index in [0.717, 1.165) is 60.7 Å². The lowest BCUT2D eigenvalue weighted by atomic mass is 9.93. The van der Waals surface area contributed by atoms with Crippen LogP contribution >= 0.6 is 0 Å². The number of phenols is 1. The lowest BCUT2D eigenvalue weighted by Crippen LogP contribution is -2.01. The van der Waals surface area contributed by atoms with Gasteiger partial charge in [-0.05, 0) is 73.6 Å². The van der Waals surface area contributed by atoms with Crippen LogP contribution in [0, 0.1) is 0 Å². The highest BCUT2D eigenvalue weighted by Crippen LogP contribution is 2.41. The van der Waals surface area contributed by atoms with Gasteiger partial charge in [-0.3, -0.25) is 0 Å². The van der Waals surface area contributed by atoms with E-state index in [0.29, 0.717) is 23.0 Å². The van der Waals surface area contributed by atoms with Gasteiger partial charge in [0.15, 0.2) is 17.5 Å². The third-order valence-corrected chi connectivity index (χ3v) is 9.41. The lowest BCUT2D eigenvalue weighted by Gasteiger charge is -2.15. The summed E-state index contributed by atoms with van der Waals surface area (Å²) in [5.74, 6) is 1.77. The molecule has 0 atom stereocenters. The van der Waals surface area contributed by atoms with E-state index < -0.39 is 0 Å².